The molecule has 3 aromatic rings. The standard InChI is InChI=1S/C17H20N6OS/c1-11-4-5-14(25-11)17(24)19-13-8-12(9-13)16-21-20-15(22(16)2)10-23-7-3-6-18-23/h3-7,12-13H,8-10H2,1-2H3,(H,19,24). The van der Waals surface area contributed by atoms with Crippen LogP contribution >= 0.6 is 11.3 Å². The molecule has 1 N–H and O–H groups in total. The minimum absolute atomic E-state index is 0.0267. The fourth-order valence-electron chi connectivity index (χ4n) is 3.17. The first kappa shape index (κ1) is 16.0. The summed E-state index contributed by atoms with van der Waals surface area (Å²) in [6.45, 7) is 2.62. The van der Waals surface area contributed by atoms with E-state index in [9.17, 15) is 4.79 Å². The number of carbonyl (C=O) groups is 1. The van der Waals surface area contributed by atoms with Crippen molar-refractivity contribution in [2.24, 2.45) is 7.05 Å². The van der Waals surface area contributed by atoms with Crippen molar-refractivity contribution in [2.45, 2.75) is 38.3 Å². The van der Waals surface area contributed by atoms with Gasteiger partial charge in [0.25, 0.3) is 5.91 Å². The van der Waals surface area contributed by atoms with Crippen LogP contribution < -0.4 is 5.32 Å². The van der Waals surface area contributed by atoms with Crippen molar-refractivity contribution in [3.05, 3.63) is 52.0 Å². The van der Waals surface area contributed by atoms with Crippen LogP contribution in [0.5, 0.6) is 0 Å². The highest BCUT2D eigenvalue weighted by Gasteiger charge is 2.35. The monoisotopic (exact) mass is 356 g/mol. The van der Waals surface area contributed by atoms with Crippen molar-refractivity contribution in [3.8, 4) is 0 Å². The number of hydrogen-bond acceptors (Lipinski definition) is 5. The van der Waals surface area contributed by atoms with Gasteiger partial charge in [-0.25, -0.2) is 0 Å². The number of amides is 1. The number of thiophene rings is 1. The Labute approximate surface area is 149 Å². The average Bonchev–Trinajstić information content (AvgIpc) is 3.27. The van der Waals surface area contributed by atoms with Gasteiger partial charge in [0.15, 0.2) is 5.82 Å². The smallest absolute Gasteiger partial charge is 0.261 e. The predicted octanol–water partition coefficient (Wildman–Crippen LogP) is 2.11. The Balaban J connectivity index is 1.34. The van der Waals surface area contributed by atoms with E-state index in [1.54, 1.807) is 6.20 Å². The summed E-state index contributed by atoms with van der Waals surface area (Å²) in [7, 11) is 1.99. The van der Waals surface area contributed by atoms with Crippen molar-refractivity contribution in [2.75, 3.05) is 0 Å². The van der Waals surface area contributed by atoms with Crippen molar-refractivity contribution in [3.63, 3.8) is 0 Å². The quantitative estimate of drug-likeness (QED) is 0.759. The minimum atomic E-state index is 0.0267. The van der Waals surface area contributed by atoms with Gasteiger partial charge in [0, 0.05) is 36.3 Å². The molecular formula is C17H20N6OS. The fourth-order valence-corrected chi connectivity index (χ4v) is 3.94. The maximum atomic E-state index is 12.2. The summed E-state index contributed by atoms with van der Waals surface area (Å²) in [5.41, 5.74) is 0. The first-order chi connectivity index (χ1) is 12.1. The lowest BCUT2D eigenvalue weighted by molar-refractivity contribution is 0.0911. The summed E-state index contributed by atoms with van der Waals surface area (Å²) in [5.74, 6) is 2.25. The molecule has 3 aromatic heterocycles. The number of aryl methyl sites for hydroxylation is 1. The topological polar surface area (TPSA) is 77.6 Å². The van der Waals surface area contributed by atoms with E-state index in [4.69, 9.17) is 0 Å². The van der Waals surface area contributed by atoms with Gasteiger partial charge >= 0.3 is 0 Å². The highest BCUT2D eigenvalue weighted by Crippen LogP contribution is 2.36. The minimum Gasteiger partial charge on any atom is -0.349 e. The van der Waals surface area contributed by atoms with Gasteiger partial charge in [-0.1, -0.05) is 0 Å². The molecule has 130 valence electrons. The van der Waals surface area contributed by atoms with E-state index < -0.39 is 0 Å². The van der Waals surface area contributed by atoms with E-state index in [0.29, 0.717) is 12.5 Å². The Morgan fingerprint density at radius 3 is 2.88 bits per heavy atom. The zero-order valence-electron chi connectivity index (χ0n) is 14.2. The van der Waals surface area contributed by atoms with Crippen LogP contribution in [0.2, 0.25) is 0 Å². The van der Waals surface area contributed by atoms with Crippen LogP contribution in [0.25, 0.3) is 0 Å². The predicted molar refractivity (Wildman–Crippen MR) is 94.6 cm³/mol. The summed E-state index contributed by atoms with van der Waals surface area (Å²) in [6.07, 6.45) is 5.48. The Bertz CT molecular complexity index is 875. The van der Waals surface area contributed by atoms with Crippen LogP contribution in [0, 0.1) is 6.92 Å². The Hall–Kier alpha value is -2.48. The molecule has 0 bridgehead atoms. The van der Waals surface area contributed by atoms with Crippen LogP contribution in [0.15, 0.2) is 30.6 Å². The number of rotatable bonds is 5. The third-order valence-electron chi connectivity index (χ3n) is 4.66. The van der Waals surface area contributed by atoms with Gasteiger partial charge in [-0.05, 0) is 38.0 Å². The fraction of sp³-hybridized carbons (Fsp3) is 0.412. The second-order valence-corrected chi connectivity index (χ2v) is 7.77. The van der Waals surface area contributed by atoms with E-state index in [-0.39, 0.29) is 11.9 Å². The van der Waals surface area contributed by atoms with Gasteiger partial charge in [0.2, 0.25) is 0 Å². The molecule has 1 aliphatic carbocycles. The molecule has 7 nitrogen and oxygen atoms in total. The van der Waals surface area contributed by atoms with Gasteiger partial charge in [-0.2, -0.15) is 5.10 Å². The highest BCUT2D eigenvalue weighted by atomic mass is 32.1. The third kappa shape index (κ3) is 3.21. The van der Waals surface area contributed by atoms with Crippen molar-refractivity contribution >= 4 is 17.2 Å². The molecule has 4 rings (SSSR count). The molecule has 1 amide bonds. The van der Waals surface area contributed by atoms with Crippen LogP contribution in [0.1, 0.15) is 45.0 Å². The normalized spacial score (nSPS) is 19.6. The Morgan fingerprint density at radius 2 is 2.20 bits per heavy atom. The molecular weight excluding hydrogens is 336 g/mol. The number of aromatic nitrogens is 5. The van der Waals surface area contributed by atoms with E-state index in [0.717, 1.165) is 34.2 Å². The molecule has 0 spiro atoms. The van der Waals surface area contributed by atoms with Gasteiger partial charge in [0.1, 0.15) is 12.4 Å². The first-order valence-electron chi connectivity index (χ1n) is 8.33. The SMILES string of the molecule is Cc1ccc(C(=O)NC2CC(c3nnc(Cn4cccn4)n3C)C2)s1. The molecule has 3 heterocycles. The maximum Gasteiger partial charge on any atom is 0.261 e. The zero-order valence-corrected chi connectivity index (χ0v) is 15.0. The van der Waals surface area contributed by atoms with E-state index in [1.807, 2.05) is 47.6 Å². The lowest BCUT2D eigenvalue weighted by atomic mass is 9.79. The second-order valence-electron chi connectivity index (χ2n) is 6.49. The largest absolute Gasteiger partial charge is 0.349 e. The number of nitrogens with one attached hydrogen (secondary N) is 1. The van der Waals surface area contributed by atoms with Gasteiger partial charge in [-0.3, -0.25) is 9.48 Å². The zero-order chi connectivity index (χ0) is 17.4. The summed E-state index contributed by atoms with van der Waals surface area (Å²) < 4.78 is 3.88. The third-order valence-corrected chi connectivity index (χ3v) is 5.66. The van der Waals surface area contributed by atoms with Crippen LogP contribution in [-0.4, -0.2) is 36.5 Å². The molecule has 1 aliphatic rings. The number of hydrogen-bond donors (Lipinski definition) is 1. The molecule has 25 heavy (non-hydrogen) atoms. The molecule has 0 atom stereocenters. The van der Waals surface area contributed by atoms with Crippen LogP contribution in [0.3, 0.4) is 0 Å². The number of nitrogens with zero attached hydrogens (tertiary/aromatic N) is 5. The molecule has 0 saturated heterocycles. The number of carbonyl (C=O) groups excluding carboxylic acids is 1. The summed E-state index contributed by atoms with van der Waals surface area (Å²) in [6, 6.07) is 5.97. The van der Waals surface area contributed by atoms with E-state index in [1.165, 1.54) is 11.3 Å². The molecule has 0 radical (unpaired) electrons. The van der Waals surface area contributed by atoms with Crippen molar-refractivity contribution in [1.29, 1.82) is 0 Å². The molecule has 0 aliphatic heterocycles. The van der Waals surface area contributed by atoms with E-state index in [2.05, 4.69) is 20.6 Å². The van der Waals surface area contributed by atoms with E-state index >= 15 is 0 Å². The van der Waals surface area contributed by atoms with Crippen molar-refractivity contribution < 1.29 is 4.79 Å². The van der Waals surface area contributed by atoms with Crippen LogP contribution in [-0.2, 0) is 13.6 Å². The lowest BCUT2D eigenvalue weighted by Gasteiger charge is -2.34. The Kier molecular flexibility index (Phi) is 4.12. The maximum absolute atomic E-state index is 12.2. The Morgan fingerprint density at radius 1 is 1.36 bits per heavy atom. The van der Waals surface area contributed by atoms with Gasteiger partial charge in [0.05, 0.1) is 4.88 Å². The van der Waals surface area contributed by atoms with Crippen LogP contribution in [0.4, 0.5) is 0 Å². The molecule has 0 unspecified atom stereocenters. The highest BCUT2D eigenvalue weighted by molar-refractivity contribution is 7.13. The molecule has 8 heteroatoms. The molecule has 0 aromatic carbocycles. The average molecular weight is 356 g/mol. The second kappa shape index (κ2) is 6.44. The summed E-state index contributed by atoms with van der Waals surface area (Å²) in [5, 5.41) is 16.0. The van der Waals surface area contributed by atoms with Gasteiger partial charge in [-0.15, -0.1) is 21.5 Å². The summed E-state index contributed by atoms with van der Waals surface area (Å²) in [4.78, 5) is 14.1. The lowest BCUT2D eigenvalue weighted by Crippen LogP contribution is -2.43. The first-order valence-corrected chi connectivity index (χ1v) is 9.14. The molecule has 1 fully saturated rings. The van der Waals surface area contributed by atoms with Crippen molar-refractivity contribution in [1.82, 2.24) is 29.9 Å². The summed E-state index contributed by atoms with van der Waals surface area (Å²) >= 11 is 1.53. The van der Waals surface area contributed by atoms with Gasteiger partial charge < -0.3 is 9.88 Å². The molecule has 1 saturated carbocycles.